The van der Waals surface area contributed by atoms with Gasteiger partial charge in [-0.05, 0) is 40.2 Å². The van der Waals surface area contributed by atoms with E-state index in [9.17, 15) is 9.59 Å². The quantitative estimate of drug-likeness (QED) is 0.887. The van der Waals surface area contributed by atoms with Crippen molar-refractivity contribution in [2.45, 2.75) is 6.54 Å². The van der Waals surface area contributed by atoms with Gasteiger partial charge in [0.15, 0.2) is 0 Å². The molecule has 5 nitrogen and oxygen atoms in total. The Morgan fingerprint density at radius 1 is 1.30 bits per heavy atom. The zero-order valence-corrected chi connectivity index (χ0v) is 12.6. The standard InChI is InChI=1S/C13H11BrClN3O2/c14-10-5-18(6-11(16)13(10)20)7-12(19)17-9-3-1-8(15)2-4-9/h1-6H,7,16H2,(H,17,19). The van der Waals surface area contributed by atoms with Crippen LogP contribution in [0.15, 0.2) is 45.9 Å². The van der Waals surface area contributed by atoms with Crippen LogP contribution in [0, 0.1) is 0 Å². The molecule has 1 aromatic heterocycles. The van der Waals surface area contributed by atoms with Crippen LogP contribution in [-0.4, -0.2) is 10.5 Å². The number of hydrogen-bond acceptors (Lipinski definition) is 3. The first-order chi connectivity index (χ1) is 9.45. The summed E-state index contributed by atoms with van der Waals surface area (Å²) in [6, 6.07) is 6.78. The van der Waals surface area contributed by atoms with Gasteiger partial charge in [-0.2, -0.15) is 0 Å². The Bertz CT molecular complexity index is 672. The van der Waals surface area contributed by atoms with Gasteiger partial charge in [0.05, 0.1) is 10.2 Å². The molecule has 0 aliphatic rings. The van der Waals surface area contributed by atoms with Crippen molar-refractivity contribution in [2.24, 2.45) is 0 Å². The molecule has 2 rings (SSSR count). The number of rotatable bonds is 3. The van der Waals surface area contributed by atoms with Gasteiger partial charge in [0.1, 0.15) is 6.54 Å². The van der Waals surface area contributed by atoms with Crippen molar-refractivity contribution >= 4 is 44.8 Å². The molecule has 0 aliphatic carbocycles. The van der Waals surface area contributed by atoms with Gasteiger partial charge in [0, 0.05) is 23.1 Å². The predicted molar refractivity (Wildman–Crippen MR) is 82.9 cm³/mol. The lowest BCUT2D eigenvalue weighted by atomic mass is 10.3. The molecular weight excluding hydrogens is 346 g/mol. The van der Waals surface area contributed by atoms with Crippen LogP contribution < -0.4 is 16.5 Å². The number of halogens is 2. The molecule has 0 saturated carbocycles. The molecule has 0 atom stereocenters. The zero-order valence-electron chi connectivity index (χ0n) is 10.3. The third kappa shape index (κ3) is 3.61. The van der Waals surface area contributed by atoms with Crippen molar-refractivity contribution in [1.82, 2.24) is 4.57 Å². The van der Waals surface area contributed by atoms with Gasteiger partial charge in [0.2, 0.25) is 11.3 Å². The number of pyridine rings is 1. The molecule has 20 heavy (non-hydrogen) atoms. The Kier molecular flexibility index (Phi) is 4.46. The summed E-state index contributed by atoms with van der Waals surface area (Å²) in [4.78, 5) is 23.3. The minimum absolute atomic E-state index is 0.0473. The van der Waals surface area contributed by atoms with Crippen LogP contribution in [0.2, 0.25) is 5.02 Å². The molecule has 0 unspecified atom stereocenters. The monoisotopic (exact) mass is 355 g/mol. The van der Waals surface area contributed by atoms with Gasteiger partial charge in [-0.15, -0.1) is 0 Å². The predicted octanol–water partition coefficient (Wildman–Crippen LogP) is 2.49. The minimum Gasteiger partial charge on any atom is -0.394 e. The molecule has 1 amide bonds. The van der Waals surface area contributed by atoms with Crippen LogP contribution in [0.5, 0.6) is 0 Å². The van der Waals surface area contributed by atoms with E-state index in [1.54, 1.807) is 24.3 Å². The first kappa shape index (κ1) is 14.6. The molecule has 1 heterocycles. The number of nitrogens with one attached hydrogen (secondary N) is 1. The normalized spacial score (nSPS) is 10.3. The van der Waals surface area contributed by atoms with E-state index < -0.39 is 0 Å². The van der Waals surface area contributed by atoms with Crippen molar-refractivity contribution in [1.29, 1.82) is 0 Å². The first-order valence-electron chi connectivity index (χ1n) is 5.66. The van der Waals surface area contributed by atoms with Gasteiger partial charge < -0.3 is 15.6 Å². The molecule has 3 N–H and O–H groups in total. The zero-order chi connectivity index (χ0) is 14.7. The highest BCUT2D eigenvalue weighted by molar-refractivity contribution is 9.10. The minimum atomic E-state index is -0.292. The number of anilines is 2. The molecule has 0 aliphatic heterocycles. The average Bonchev–Trinajstić information content (AvgIpc) is 2.38. The summed E-state index contributed by atoms with van der Waals surface area (Å²) in [5.41, 5.74) is 5.99. The van der Waals surface area contributed by atoms with E-state index >= 15 is 0 Å². The fraction of sp³-hybridized carbons (Fsp3) is 0.0769. The van der Waals surface area contributed by atoms with Crippen LogP contribution in [0.1, 0.15) is 0 Å². The van der Waals surface area contributed by atoms with Gasteiger partial charge in [0.25, 0.3) is 0 Å². The van der Waals surface area contributed by atoms with Crippen molar-refractivity contribution in [3.8, 4) is 0 Å². The van der Waals surface area contributed by atoms with E-state index in [0.717, 1.165) is 0 Å². The Hall–Kier alpha value is -1.79. The number of nitrogens with two attached hydrogens (primary N) is 1. The smallest absolute Gasteiger partial charge is 0.244 e. The molecule has 1 aromatic carbocycles. The van der Waals surface area contributed by atoms with E-state index in [4.69, 9.17) is 17.3 Å². The number of nitrogens with zero attached hydrogens (tertiary/aromatic N) is 1. The third-order valence-corrected chi connectivity index (χ3v) is 3.33. The van der Waals surface area contributed by atoms with Crippen LogP contribution in [-0.2, 0) is 11.3 Å². The molecule has 0 radical (unpaired) electrons. The number of amides is 1. The largest absolute Gasteiger partial charge is 0.394 e. The molecule has 0 saturated heterocycles. The lowest BCUT2D eigenvalue weighted by Crippen LogP contribution is -2.21. The number of nitrogen functional groups attached to an aromatic ring is 1. The highest BCUT2D eigenvalue weighted by Crippen LogP contribution is 2.13. The maximum Gasteiger partial charge on any atom is 0.244 e. The van der Waals surface area contributed by atoms with Crippen LogP contribution in [0.4, 0.5) is 11.4 Å². The molecule has 0 fully saturated rings. The maximum absolute atomic E-state index is 11.9. The number of hydrogen-bond donors (Lipinski definition) is 2. The second kappa shape index (κ2) is 6.11. The summed E-state index contributed by atoms with van der Waals surface area (Å²) >= 11 is 8.86. The second-order valence-electron chi connectivity index (χ2n) is 4.12. The number of carbonyl (C=O) groups is 1. The SMILES string of the molecule is Nc1cn(CC(=O)Nc2ccc(Cl)cc2)cc(Br)c1=O. The fourth-order valence-corrected chi connectivity index (χ4v) is 2.23. The Balaban J connectivity index is 2.08. The maximum atomic E-state index is 11.9. The number of aromatic nitrogens is 1. The summed E-state index contributed by atoms with van der Waals surface area (Å²) < 4.78 is 1.85. The molecule has 2 aromatic rings. The van der Waals surface area contributed by atoms with E-state index in [2.05, 4.69) is 21.2 Å². The van der Waals surface area contributed by atoms with E-state index in [0.29, 0.717) is 15.2 Å². The van der Waals surface area contributed by atoms with Crippen molar-refractivity contribution < 1.29 is 4.79 Å². The third-order valence-electron chi connectivity index (χ3n) is 2.52. The van der Waals surface area contributed by atoms with Crippen LogP contribution in [0.3, 0.4) is 0 Å². The molecule has 104 valence electrons. The van der Waals surface area contributed by atoms with Crippen molar-refractivity contribution in [3.05, 3.63) is 56.4 Å². The highest BCUT2D eigenvalue weighted by atomic mass is 79.9. The van der Waals surface area contributed by atoms with Crippen molar-refractivity contribution in [3.63, 3.8) is 0 Å². The van der Waals surface area contributed by atoms with Crippen LogP contribution >= 0.6 is 27.5 Å². The van der Waals surface area contributed by atoms with E-state index in [1.807, 2.05) is 0 Å². The van der Waals surface area contributed by atoms with Gasteiger partial charge in [-0.3, -0.25) is 9.59 Å². The summed E-state index contributed by atoms with van der Waals surface area (Å²) in [5.74, 6) is -0.234. The summed E-state index contributed by atoms with van der Waals surface area (Å²) in [6.07, 6.45) is 2.94. The average molecular weight is 357 g/mol. The number of benzene rings is 1. The number of carbonyl (C=O) groups excluding carboxylic acids is 1. The summed E-state index contributed by atoms with van der Waals surface area (Å²) in [6.45, 7) is 0.0473. The van der Waals surface area contributed by atoms with Gasteiger partial charge >= 0.3 is 0 Å². The summed E-state index contributed by atoms with van der Waals surface area (Å²) in [7, 11) is 0. The lowest BCUT2D eigenvalue weighted by molar-refractivity contribution is -0.116. The van der Waals surface area contributed by atoms with Gasteiger partial charge in [-0.25, -0.2) is 0 Å². The van der Waals surface area contributed by atoms with E-state index in [1.165, 1.54) is 17.0 Å². The Morgan fingerprint density at radius 3 is 2.55 bits per heavy atom. The molecule has 0 spiro atoms. The first-order valence-corrected chi connectivity index (χ1v) is 6.83. The molecular formula is C13H11BrClN3O2. The van der Waals surface area contributed by atoms with Gasteiger partial charge in [-0.1, -0.05) is 11.6 Å². The second-order valence-corrected chi connectivity index (χ2v) is 5.41. The van der Waals surface area contributed by atoms with E-state index in [-0.39, 0.29) is 23.6 Å². The Labute approximate surface area is 128 Å². The fourth-order valence-electron chi connectivity index (χ4n) is 1.61. The van der Waals surface area contributed by atoms with Crippen molar-refractivity contribution in [2.75, 3.05) is 11.1 Å². The summed E-state index contributed by atoms with van der Waals surface area (Å²) in [5, 5.41) is 3.32. The Morgan fingerprint density at radius 2 is 1.95 bits per heavy atom. The lowest BCUT2D eigenvalue weighted by Gasteiger charge is -2.09. The highest BCUT2D eigenvalue weighted by Gasteiger charge is 2.06. The van der Waals surface area contributed by atoms with Crippen LogP contribution in [0.25, 0.3) is 0 Å². The molecule has 0 bridgehead atoms. The topological polar surface area (TPSA) is 77.1 Å². The molecule has 7 heteroatoms.